The number of aryl methyl sites for hydroxylation is 1. The van der Waals surface area contributed by atoms with Crippen molar-refractivity contribution in [2.24, 2.45) is 5.92 Å². The van der Waals surface area contributed by atoms with Crippen LogP contribution in [0.15, 0.2) is 64.8 Å². The van der Waals surface area contributed by atoms with E-state index in [2.05, 4.69) is 25.8 Å². The number of rotatable bonds is 7. The first-order valence-corrected chi connectivity index (χ1v) is 14.5. The van der Waals surface area contributed by atoms with Crippen LogP contribution in [0.1, 0.15) is 18.5 Å². The number of hydrogen-bond donors (Lipinski definition) is 3. The van der Waals surface area contributed by atoms with Crippen LogP contribution in [-0.4, -0.2) is 65.2 Å². The maximum atomic E-state index is 14.6. The number of likely N-dealkylation sites (tertiary alicyclic amines) is 1. The van der Waals surface area contributed by atoms with Crippen molar-refractivity contribution >= 4 is 41.3 Å². The van der Waals surface area contributed by atoms with Crippen LogP contribution in [0.3, 0.4) is 0 Å². The number of ether oxygens (including phenoxy) is 1. The van der Waals surface area contributed by atoms with Crippen LogP contribution in [0.25, 0.3) is 5.65 Å². The van der Waals surface area contributed by atoms with E-state index < -0.39 is 11.9 Å². The topological polar surface area (TPSA) is 120 Å². The number of fused-ring (bicyclic) bond motifs is 1. The number of anilines is 1. The van der Waals surface area contributed by atoms with E-state index in [1.807, 2.05) is 29.5 Å². The smallest absolute Gasteiger partial charge is 0.407 e. The Morgan fingerprint density at radius 3 is 2.85 bits per heavy atom. The first-order valence-electron chi connectivity index (χ1n) is 12.8. The molecular weight excluding hydrogens is 555 g/mol. The Morgan fingerprint density at radius 1 is 1.23 bits per heavy atom. The van der Waals surface area contributed by atoms with Crippen LogP contribution in [0.2, 0.25) is 0 Å². The second-order valence-electron chi connectivity index (χ2n) is 9.46. The predicted octanol–water partition coefficient (Wildman–Crippen LogP) is 5.07. The number of aromatic nitrogens is 4. The lowest BCUT2D eigenvalue weighted by Gasteiger charge is -2.36. The molecule has 1 atom stereocenters. The van der Waals surface area contributed by atoms with E-state index in [0.29, 0.717) is 30.5 Å². The average Bonchev–Trinajstić information content (AvgIpc) is 3.61. The Kier molecular flexibility index (Phi) is 7.65. The molecule has 208 valence electrons. The van der Waals surface area contributed by atoms with Crippen molar-refractivity contribution in [3.8, 4) is 11.5 Å². The lowest BCUT2D eigenvalue weighted by molar-refractivity contribution is 0.107. The molecule has 11 nitrogen and oxygen atoms in total. The third kappa shape index (κ3) is 5.66. The molecule has 0 aliphatic carbocycles. The van der Waals surface area contributed by atoms with Crippen molar-refractivity contribution in [2.75, 3.05) is 24.4 Å². The normalized spacial score (nSPS) is 18.4. The number of hydrogen-bond acceptors (Lipinski definition) is 10. The van der Waals surface area contributed by atoms with Gasteiger partial charge in [-0.05, 0) is 55.8 Å². The molecule has 4 aromatic rings. The van der Waals surface area contributed by atoms with Crippen LogP contribution in [0, 0.1) is 18.7 Å². The number of halogens is 1. The van der Waals surface area contributed by atoms with Crippen molar-refractivity contribution < 1.29 is 19.0 Å². The van der Waals surface area contributed by atoms with E-state index in [-0.39, 0.29) is 17.8 Å². The summed E-state index contributed by atoms with van der Waals surface area (Å²) in [6.45, 7) is 2.93. The molecule has 1 aromatic carbocycles. The minimum absolute atomic E-state index is 0.0361. The van der Waals surface area contributed by atoms with Gasteiger partial charge < -0.3 is 14.7 Å². The summed E-state index contributed by atoms with van der Waals surface area (Å²) in [6, 6.07) is 11.9. The molecule has 5 heterocycles. The fourth-order valence-electron chi connectivity index (χ4n) is 4.81. The number of amides is 1. The van der Waals surface area contributed by atoms with Gasteiger partial charge in [-0.15, -0.1) is 4.41 Å². The van der Waals surface area contributed by atoms with E-state index in [0.717, 1.165) is 34.1 Å². The quantitative estimate of drug-likeness (QED) is 0.200. The van der Waals surface area contributed by atoms with Gasteiger partial charge in [-0.25, -0.2) is 23.7 Å². The highest BCUT2D eigenvalue weighted by Gasteiger charge is 2.36. The molecule has 3 N–H and O–H groups in total. The van der Waals surface area contributed by atoms with E-state index >= 15 is 0 Å². The largest absolute Gasteiger partial charge is 0.465 e. The van der Waals surface area contributed by atoms with E-state index in [1.165, 1.54) is 22.7 Å². The average molecular weight is 583 g/mol. The summed E-state index contributed by atoms with van der Waals surface area (Å²) in [4.78, 5) is 22.7. The Balaban J connectivity index is 1.27. The van der Waals surface area contributed by atoms with Gasteiger partial charge in [0.15, 0.2) is 28.8 Å². The molecular formula is C26H27FN8O3S2. The Labute approximate surface area is 238 Å². The van der Waals surface area contributed by atoms with Gasteiger partial charge in [0, 0.05) is 42.0 Å². The number of pyridine rings is 1. The molecule has 2 fully saturated rings. The molecule has 14 heteroatoms. The fourth-order valence-corrected chi connectivity index (χ4v) is 6.73. The molecule has 0 bridgehead atoms. The number of hydrazine groups is 1. The molecule has 2 aliphatic rings. The highest BCUT2D eigenvalue weighted by atomic mass is 32.2. The summed E-state index contributed by atoms with van der Waals surface area (Å²) < 4.78 is 24.4. The Hall–Kier alpha value is -3.59. The lowest BCUT2D eigenvalue weighted by Crippen LogP contribution is -2.48. The molecule has 0 spiro atoms. The fraction of sp³-hybridized carbons (Fsp3) is 0.308. The molecule has 40 heavy (non-hydrogen) atoms. The van der Waals surface area contributed by atoms with Gasteiger partial charge in [-0.2, -0.15) is 5.10 Å². The van der Waals surface area contributed by atoms with Crippen LogP contribution >= 0.6 is 23.7 Å². The van der Waals surface area contributed by atoms with Gasteiger partial charge in [-0.1, -0.05) is 23.9 Å². The SMILES string of the molecule is Cc1cc(Sc2cnc(NN3SCNC3C3CCN(C(=O)O)CC3)c(Oc3ccccc3F)c2)n2nccc2n1. The van der Waals surface area contributed by atoms with Gasteiger partial charge in [0.25, 0.3) is 0 Å². The second kappa shape index (κ2) is 11.5. The molecule has 1 amide bonds. The number of para-hydroxylation sites is 1. The molecule has 0 saturated carbocycles. The van der Waals surface area contributed by atoms with Crippen molar-refractivity contribution in [3.05, 3.63) is 66.4 Å². The maximum Gasteiger partial charge on any atom is 0.407 e. The first kappa shape index (κ1) is 26.6. The van der Waals surface area contributed by atoms with Crippen molar-refractivity contribution in [3.63, 3.8) is 0 Å². The van der Waals surface area contributed by atoms with E-state index in [9.17, 15) is 14.3 Å². The third-order valence-corrected chi connectivity index (χ3v) is 8.63. The predicted molar refractivity (Wildman–Crippen MR) is 150 cm³/mol. The van der Waals surface area contributed by atoms with Gasteiger partial charge in [0.2, 0.25) is 0 Å². The number of nitrogens with one attached hydrogen (secondary N) is 2. The van der Waals surface area contributed by atoms with Crippen LogP contribution < -0.4 is 15.5 Å². The number of benzene rings is 1. The summed E-state index contributed by atoms with van der Waals surface area (Å²) >= 11 is 3.02. The molecule has 3 aromatic heterocycles. The van der Waals surface area contributed by atoms with Crippen molar-refractivity contribution in [1.29, 1.82) is 0 Å². The molecule has 6 rings (SSSR count). The zero-order valence-corrected chi connectivity index (χ0v) is 23.2. The first-order chi connectivity index (χ1) is 19.4. The zero-order chi connectivity index (χ0) is 27.6. The van der Waals surface area contributed by atoms with Gasteiger partial charge in [0.1, 0.15) is 5.03 Å². The molecule has 0 radical (unpaired) electrons. The Morgan fingerprint density at radius 2 is 2.05 bits per heavy atom. The summed E-state index contributed by atoms with van der Waals surface area (Å²) in [5.41, 5.74) is 4.97. The maximum absolute atomic E-state index is 14.6. The van der Waals surface area contributed by atoms with E-state index in [4.69, 9.17) is 4.74 Å². The van der Waals surface area contributed by atoms with Crippen molar-refractivity contribution in [2.45, 2.75) is 35.9 Å². The van der Waals surface area contributed by atoms with Crippen LogP contribution in [0.4, 0.5) is 15.0 Å². The van der Waals surface area contributed by atoms with Crippen LogP contribution in [-0.2, 0) is 0 Å². The second-order valence-corrected chi connectivity index (χ2v) is 11.5. The highest BCUT2D eigenvalue weighted by molar-refractivity contribution is 7.99. The molecule has 1 unspecified atom stereocenters. The number of piperidine rings is 1. The monoisotopic (exact) mass is 582 g/mol. The Bertz CT molecular complexity index is 1530. The van der Waals surface area contributed by atoms with E-state index in [1.54, 1.807) is 47.1 Å². The number of nitrogens with zero attached hydrogens (tertiary/aromatic N) is 6. The molecule has 2 aliphatic heterocycles. The highest BCUT2D eigenvalue weighted by Crippen LogP contribution is 2.38. The number of carbonyl (C=O) groups is 1. The summed E-state index contributed by atoms with van der Waals surface area (Å²) in [5.74, 6) is 1.35. The van der Waals surface area contributed by atoms with Crippen molar-refractivity contribution in [1.82, 2.24) is 34.2 Å². The van der Waals surface area contributed by atoms with Gasteiger partial charge in [0.05, 0.1) is 18.2 Å². The van der Waals surface area contributed by atoms with Gasteiger partial charge >= 0.3 is 6.09 Å². The summed E-state index contributed by atoms with van der Waals surface area (Å²) in [5, 5.41) is 18.0. The zero-order valence-electron chi connectivity index (χ0n) is 21.5. The summed E-state index contributed by atoms with van der Waals surface area (Å²) in [6.07, 6.45) is 4.02. The van der Waals surface area contributed by atoms with Crippen LogP contribution in [0.5, 0.6) is 11.5 Å². The summed E-state index contributed by atoms with van der Waals surface area (Å²) in [7, 11) is 0. The minimum atomic E-state index is -0.880. The standard InChI is InChI=1S/C26H27FN8O3S2/c1-16-12-23(34-22(31-16)6-9-30-34)40-18-13-21(38-20-5-3-2-4-19(20)27)24(28-14-18)32-35-25(29-15-39-35)17-7-10-33(11-8-17)26(36)37/h2-6,9,12-14,17,25,29H,7-8,10-11,15H2,1H3,(H,28,32)(H,36,37). The minimum Gasteiger partial charge on any atom is -0.465 e. The van der Waals surface area contributed by atoms with Gasteiger partial charge in [-0.3, -0.25) is 10.7 Å². The number of carboxylic acid groups (broad SMARTS) is 1. The third-order valence-electron chi connectivity index (χ3n) is 6.78. The lowest BCUT2D eigenvalue weighted by atomic mass is 9.94. The molecule has 2 saturated heterocycles.